The lowest BCUT2D eigenvalue weighted by Gasteiger charge is -2.17. The van der Waals surface area contributed by atoms with Crippen molar-refractivity contribution >= 4 is 7.82 Å². The summed E-state index contributed by atoms with van der Waals surface area (Å²) in [5, 5.41) is 0. The van der Waals surface area contributed by atoms with Crippen LogP contribution in [0.5, 0.6) is 0 Å². The Kier molecular flexibility index (Phi) is 11.3. The van der Waals surface area contributed by atoms with Gasteiger partial charge in [0.1, 0.15) is 0 Å². The third-order valence-corrected chi connectivity index (χ3v) is 2.98. The smallest absolute Gasteiger partial charge is 0.220 e. The third-order valence-electron chi connectivity index (χ3n) is 2.27. The average Bonchev–Trinajstić information content (AvgIpc) is 2.60. The number of halogens is 7. The largest absolute Gasteiger partial charge is 0.560 e. The van der Waals surface area contributed by atoms with Gasteiger partial charge in [0.15, 0.2) is 23.9 Å². The molecule has 0 amide bonds. The van der Waals surface area contributed by atoms with Gasteiger partial charge in [-0.1, -0.05) is 16.9 Å². The minimum Gasteiger partial charge on any atom is -0.220 e. The average molecular weight is 416 g/mol. The van der Waals surface area contributed by atoms with E-state index in [1.54, 1.807) is 0 Å². The lowest BCUT2D eigenvalue weighted by Crippen LogP contribution is -2.17. The van der Waals surface area contributed by atoms with Crippen LogP contribution < -0.4 is 0 Å². The molecule has 26 heavy (non-hydrogen) atoms. The Bertz CT molecular complexity index is 543. The highest BCUT2D eigenvalue weighted by Gasteiger charge is 2.37. The van der Waals surface area contributed by atoms with Crippen molar-refractivity contribution in [2.24, 2.45) is 0 Å². The molecule has 0 N–H and O–H groups in total. The molecule has 14 heteroatoms. The highest BCUT2D eigenvalue weighted by atomic mass is 31.2. The Hall–Kier alpha value is -1.50. The van der Waals surface area contributed by atoms with Crippen LogP contribution in [0, 0.1) is 0 Å². The van der Waals surface area contributed by atoms with Gasteiger partial charge in [-0.05, 0) is 4.53 Å². The first-order valence-corrected chi connectivity index (χ1v) is 7.81. The fourth-order valence-corrected chi connectivity index (χ4v) is 1.65. The van der Waals surface area contributed by atoms with E-state index in [-0.39, 0.29) is 0 Å². The fraction of sp³-hybridized carbons (Fsp3) is 0.333. The maximum absolute atomic E-state index is 13.1. The second-order valence-corrected chi connectivity index (χ2v) is 5.43. The first-order chi connectivity index (χ1) is 12.1. The molecule has 0 radical (unpaired) electrons. The Morgan fingerprint density at radius 3 is 1.42 bits per heavy atom. The van der Waals surface area contributed by atoms with Gasteiger partial charge in [0.2, 0.25) is 0 Å². The normalized spacial score (nSPS) is 15.5. The van der Waals surface area contributed by atoms with Gasteiger partial charge in [-0.3, -0.25) is 0 Å². The van der Waals surface area contributed by atoms with Crippen LogP contribution in [-0.4, -0.2) is 12.2 Å². The Morgan fingerprint density at radius 2 is 1.19 bits per heavy atom. The predicted molar refractivity (Wildman–Crippen MR) is 72.0 cm³/mol. The summed E-state index contributed by atoms with van der Waals surface area (Å²) in [6.07, 6.45) is -9.64. The van der Waals surface area contributed by atoms with E-state index >= 15 is 0 Å². The molecule has 2 atom stereocenters. The molecule has 2 unspecified atom stereocenters. The molecular weight excluding hydrogens is 404 g/mol. The monoisotopic (exact) mass is 416 g/mol. The standard InChI is InChI=1S/C12H12F7O6P/c1-3-5-7(9(13)11(15)16)21-24-26(20,23-19)25-22-8(6-4-2)10(14)12(17)18/h3-4,7-8H,1-2,5-6H2. The van der Waals surface area contributed by atoms with E-state index in [2.05, 4.69) is 37.0 Å². The quantitative estimate of drug-likeness (QED) is 0.122. The minimum atomic E-state index is -5.54. The number of hydrogen-bond donors (Lipinski definition) is 0. The van der Waals surface area contributed by atoms with Crippen molar-refractivity contribution in [2.75, 3.05) is 0 Å². The molecule has 0 aliphatic carbocycles. The number of phosphoric acid groups is 1. The Morgan fingerprint density at radius 1 is 0.846 bits per heavy atom. The van der Waals surface area contributed by atoms with Gasteiger partial charge in [0.05, 0.1) is 0 Å². The van der Waals surface area contributed by atoms with Crippen molar-refractivity contribution in [3.63, 3.8) is 0 Å². The molecule has 0 saturated carbocycles. The van der Waals surface area contributed by atoms with Gasteiger partial charge >= 0.3 is 20.0 Å². The maximum atomic E-state index is 13.1. The zero-order valence-corrected chi connectivity index (χ0v) is 13.6. The Balaban J connectivity index is 5.08. The minimum absolute atomic E-state index is 0.653. The molecule has 0 spiro atoms. The lowest BCUT2D eigenvalue weighted by molar-refractivity contribution is -0.318. The molecule has 0 fully saturated rings. The first-order valence-electron chi connectivity index (χ1n) is 6.35. The van der Waals surface area contributed by atoms with Gasteiger partial charge < -0.3 is 0 Å². The zero-order chi connectivity index (χ0) is 20.3. The van der Waals surface area contributed by atoms with Crippen LogP contribution in [0.4, 0.5) is 30.9 Å². The van der Waals surface area contributed by atoms with Crippen LogP contribution in [0.25, 0.3) is 0 Å². The van der Waals surface area contributed by atoms with Crippen LogP contribution >= 0.6 is 7.82 Å². The third kappa shape index (κ3) is 8.25. The van der Waals surface area contributed by atoms with E-state index in [9.17, 15) is 35.4 Å². The molecule has 0 aromatic carbocycles. The van der Waals surface area contributed by atoms with E-state index in [1.807, 2.05) is 0 Å². The molecule has 0 aromatic heterocycles. The summed E-state index contributed by atoms with van der Waals surface area (Å²) in [5.74, 6) is -4.34. The molecule has 0 aliphatic rings. The molecule has 6 nitrogen and oxygen atoms in total. The molecule has 0 aliphatic heterocycles. The van der Waals surface area contributed by atoms with Crippen LogP contribution in [0.1, 0.15) is 12.8 Å². The van der Waals surface area contributed by atoms with Crippen molar-refractivity contribution in [1.82, 2.24) is 0 Å². The van der Waals surface area contributed by atoms with E-state index in [0.29, 0.717) is 0 Å². The van der Waals surface area contributed by atoms with Crippen molar-refractivity contribution < 1.29 is 59.3 Å². The highest BCUT2D eigenvalue weighted by Crippen LogP contribution is 2.51. The summed E-state index contributed by atoms with van der Waals surface area (Å²) in [7, 11) is -5.54. The number of hydrogen-bond acceptors (Lipinski definition) is 6. The van der Waals surface area contributed by atoms with Crippen LogP contribution in [0.15, 0.2) is 49.1 Å². The molecule has 0 heterocycles. The van der Waals surface area contributed by atoms with Crippen molar-refractivity contribution in [2.45, 2.75) is 25.0 Å². The first kappa shape index (κ1) is 24.5. The topological polar surface area (TPSA) is 63.2 Å². The molecule has 150 valence electrons. The van der Waals surface area contributed by atoms with E-state index < -0.39 is 56.7 Å². The van der Waals surface area contributed by atoms with Crippen molar-refractivity contribution in [1.29, 1.82) is 0 Å². The highest BCUT2D eigenvalue weighted by molar-refractivity contribution is 7.48. The summed E-state index contributed by atoms with van der Waals surface area (Å²) in [5.41, 5.74) is 0. The van der Waals surface area contributed by atoms with Gasteiger partial charge in [0.25, 0.3) is 0 Å². The Labute approximate surface area is 142 Å². The van der Waals surface area contributed by atoms with Crippen molar-refractivity contribution in [3.05, 3.63) is 49.1 Å². The molecule has 0 bridgehead atoms. The lowest BCUT2D eigenvalue weighted by atomic mass is 10.2. The second-order valence-electron chi connectivity index (χ2n) is 4.10. The number of rotatable bonds is 13. The van der Waals surface area contributed by atoms with Crippen molar-refractivity contribution in [3.8, 4) is 0 Å². The summed E-state index contributed by atoms with van der Waals surface area (Å²) in [6.45, 7) is 6.19. The van der Waals surface area contributed by atoms with E-state index in [1.165, 1.54) is 0 Å². The maximum Gasteiger partial charge on any atom is 0.560 e. The predicted octanol–water partition coefficient (Wildman–Crippen LogP) is 5.94. The van der Waals surface area contributed by atoms with Gasteiger partial charge in [-0.25, -0.2) is 23.1 Å². The van der Waals surface area contributed by atoms with Gasteiger partial charge in [0, 0.05) is 12.8 Å². The second kappa shape index (κ2) is 12.0. The summed E-state index contributed by atoms with van der Waals surface area (Å²) >= 11 is 0. The fourth-order valence-electron chi connectivity index (χ4n) is 1.16. The van der Waals surface area contributed by atoms with E-state index in [4.69, 9.17) is 0 Å². The zero-order valence-electron chi connectivity index (χ0n) is 12.7. The van der Waals surface area contributed by atoms with Gasteiger partial charge in [-0.15, -0.1) is 22.5 Å². The molecule has 0 aromatic rings. The van der Waals surface area contributed by atoms with Crippen LogP contribution in [0.3, 0.4) is 0 Å². The van der Waals surface area contributed by atoms with Crippen LogP contribution in [0.2, 0.25) is 0 Å². The van der Waals surface area contributed by atoms with Crippen LogP contribution in [-0.2, 0) is 28.4 Å². The molecule has 0 rings (SSSR count). The summed E-state index contributed by atoms with van der Waals surface area (Å²) in [6, 6.07) is 0. The summed E-state index contributed by atoms with van der Waals surface area (Å²) < 4.78 is 109. The SMILES string of the molecule is C=CCC(OOP(=O)(OF)OOC(CC=C)C(F)=C(F)F)C(F)=C(F)F. The van der Waals surface area contributed by atoms with E-state index in [0.717, 1.165) is 12.2 Å². The molecular formula is C12H12F7O6P. The van der Waals surface area contributed by atoms with Gasteiger partial charge in [-0.2, -0.15) is 17.6 Å². The molecule has 0 saturated heterocycles. The summed E-state index contributed by atoms with van der Waals surface area (Å²) in [4.78, 5) is 7.94.